The van der Waals surface area contributed by atoms with Gasteiger partial charge in [0.05, 0.1) is 11.3 Å². The van der Waals surface area contributed by atoms with E-state index in [-0.39, 0.29) is 15.9 Å². The molecule has 2 aromatic rings. The number of aryl methyl sites for hydroxylation is 1. The van der Waals surface area contributed by atoms with Crippen molar-refractivity contribution in [3.63, 3.8) is 0 Å². The lowest BCUT2D eigenvalue weighted by molar-refractivity contribution is 0.102. The number of nitrogens with zero attached hydrogens (tertiary/aromatic N) is 1. The van der Waals surface area contributed by atoms with Gasteiger partial charge in [-0.1, -0.05) is 23.2 Å². The van der Waals surface area contributed by atoms with Crippen LogP contribution in [-0.4, -0.2) is 10.9 Å². The van der Waals surface area contributed by atoms with Crippen LogP contribution >= 0.6 is 39.1 Å². The minimum Gasteiger partial charge on any atom is -0.319 e. The summed E-state index contributed by atoms with van der Waals surface area (Å²) < 4.78 is 13.7. The second-order valence-electron chi connectivity index (χ2n) is 4.01. The number of rotatable bonds is 2. The van der Waals surface area contributed by atoms with Gasteiger partial charge in [-0.05, 0) is 52.7 Å². The van der Waals surface area contributed by atoms with Crippen molar-refractivity contribution in [2.45, 2.75) is 6.92 Å². The first-order valence-electron chi connectivity index (χ1n) is 5.47. The van der Waals surface area contributed by atoms with Crippen molar-refractivity contribution in [2.75, 3.05) is 5.32 Å². The minimum absolute atomic E-state index is 0.0795. The van der Waals surface area contributed by atoms with Crippen LogP contribution in [-0.2, 0) is 0 Å². The SMILES string of the molecule is Cc1cc(Cl)nc(Cl)c1NC(=O)c1cc(F)ccc1Br. The van der Waals surface area contributed by atoms with Crippen molar-refractivity contribution < 1.29 is 9.18 Å². The number of hydrogen-bond acceptors (Lipinski definition) is 2. The molecule has 0 radical (unpaired) electrons. The molecule has 1 aromatic carbocycles. The Hall–Kier alpha value is -1.17. The summed E-state index contributed by atoms with van der Waals surface area (Å²) >= 11 is 14.9. The van der Waals surface area contributed by atoms with E-state index in [0.29, 0.717) is 15.7 Å². The van der Waals surface area contributed by atoms with E-state index in [0.717, 1.165) is 6.07 Å². The molecule has 0 unspecified atom stereocenters. The standard InChI is InChI=1S/C13H8BrCl2FN2O/c1-6-4-10(15)18-12(16)11(6)19-13(20)8-5-7(17)2-3-9(8)14/h2-5H,1H3,(H,19,20). The zero-order chi connectivity index (χ0) is 14.9. The number of benzene rings is 1. The van der Waals surface area contributed by atoms with Gasteiger partial charge in [-0.15, -0.1) is 0 Å². The molecule has 1 N–H and O–H groups in total. The quantitative estimate of drug-likeness (QED) is 0.760. The topological polar surface area (TPSA) is 42.0 Å². The highest BCUT2D eigenvalue weighted by atomic mass is 79.9. The van der Waals surface area contributed by atoms with Crippen LogP contribution in [0.15, 0.2) is 28.7 Å². The lowest BCUT2D eigenvalue weighted by Crippen LogP contribution is -2.14. The molecule has 3 nitrogen and oxygen atoms in total. The fourth-order valence-corrected chi connectivity index (χ4v) is 2.60. The van der Waals surface area contributed by atoms with E-state index in [1.54, 1.807) is 13.0 Å². The van der Waals surface area contributed by atoms with Gasteiger partial charge >= 0.3 is 0 Å². The van der Waals surface area contributed by atoms with Crippen LogP contribution in [0.5, 0.6) is 0 Å². The van der Waals surface area contributed by atoms with Gasteiger partial charge in [-0.25, -0.2) is 9.37 Å². The molecule has 0 fully saturated rings. The molecule has 2 rings (SSSR count). The predicted molar refractivity (Wildman–Crippen MR) is 81.0 cm³/mol. The van der Waals surface area contributed by atoms with Crippen molar-refractivity contribution in [3.05, 3.63) is 56.0 Å². The summed E-state index contributed by atoms with van der Waals surface area (Å²) in [5.74, 6) is -0.999. The van der Waals surface area contributed by atoms with Crippen molar-refractivity contribution in [2.24, 2.45) is 0 Å². The van der Waals surface area contributed by atoms with Gasteiger partial charge in [0.15, 0.2) is 5.15 Å². The van der Waals surface area contributed by atoms with Crippen molar-refractivity contribution >= 4 is 50.7 Å². The Balaban J connectivity index is 2.35. The second kappa shape index (κ2) is 6.08. The van der Waals surface area contributed by atoms with Crippen molar-refractivity contribution in [1.82, 2.24) is 4.98 Å². The molecular formula is C13H8BrCl2FN2O. The van der Waals surface area contributed by atoms with Gasteiger partial charge in [0, 0.05) is 4.47 Å². The summed E-state index contributed by atoms with van der Waals surface area (Å²) in [5.41, 5.74) is 1.17. The molecule has 0 aliphatic heterocycles. The number of carbonyl (C=O) groups excluding carboxylic acids is 1. The maximum absolute atomic E-state index is 13.2. The Morgan fingerprint density at radius 3 is 2.70 bits per heavy atom. The number of pyridine rings is 1. The summed E-state index contributed by atoms with van der Waals surface area (Å²) in [5, 5.41) is 2.91. The molecule has 104 valence electrons. The zero-order valence-electron chi connectivity index (χ0n) is 10.2. The summed E-state index contributed by atoms with van der Waals surface area (Å²) in [4.78, 5) is 16.0. The Morgan fingerprint density at radius 1 is 1.35 bits per heavy atom. The van der Waals surface area contributed by atoms with E-state index in [4.69, 9.17) is 23.2 Å². The molecular weight excluding hydrogens is 370 g/mol. The zero-order valence-corrected chi connectivity index (χ0v) is 13.3. The Labute approximate surface area is 133 Å². The number of halogens is 4. The molecule has 1 heterocycles. The third kappa shape index (κ3) is 3.29. The second-order valence-corrected chi connectivity index (χ2v) is 5.61. The number of anilines is 1. The van der Waals surface area contributed by atoms with Gasteiger partial charge < -0.3 is 5.32 Å². The van der Waals surface area contributed by atoms with E-state index < -0.39 is 11.7 Å². The number of carbonyl (C=O) groups is 1. The molecule has 1 amide bonds. The first-order chi connectivity index (χ1) is 9.38. The van der Waals surface area contributed by atoms with E-state index in [1.165, 1.54) is 12.1 Å². The lowest BCUT2D eigenvalue weighted by Gasteiger charge is -2.11. The predicted octanol–water partition coefficient (Wildman–Crippen LogP) is 4.85. The third-order valence-electron chi connectivity index (χ3n) is 2.55. The number of aromatic nitrogens is 1. The monoisotopic (exact) mass is 376 g/mol. The van der Waals surface area contributed by atoms with Crippen molar-refractivity contribution in [1.29, 1.82) is 0 Å². The molecule has 7 heteroatoms. The van der Waals surface area contributed by atoms with E-state index in [1.807, 2.05) is 0 Å². The van der Waals surface area contributed by atoms with Gasteiger partial charge in [0.2, 0.25) is 0 Å². The van der Waals surface area contributed by atoms with Gasteiger partial charge in [0.1, 0.15) is 11.0 Å². The van der Waals surface area contributed by atoms with E-state index in [9.17, 15) is 9.18 Å². The van der Waals surface area contributed by atoms with Crippen LogP contribution in [0, 0.1) is 12.7 Å². The Kier molecular flexibility index (Phi) is 4.62. The summed E-state index contributed by atoms with van der Waals surface area (Å²) in [6, 6.07) is 5.41. The van der Waals surface area contributed by atoms with Crippen LogP contribution in [0.1, 0.15) is 15.9 Å². The number of amides is 1. The first kappa shape index (κ1) is 15.2. The average Bonchev–Trinajstić information content (AvgIpc) is 2.36. The summed E-state index contributed by atoms with van der Waals surface area (Å²) in [7, 11) is 0. The average molecular weight is 378 g/mol. The van der Waals surface area contributed by atoms with Gasteiger partial charge in [-0.2, -0.15) is 0 Å². The fourth-order valence-electron chi connectivity index (χ4n) is 1.60. The first-order valence-corrected chi connectivity index (χ1v) is 7.02. The Morgan fingerprint density at radius 2 is 2.05 bits per heavy atom. The molecule has 1 aromatic heterocycles. The molecule has 0 aliphatic carbocycles. The maximum atomic E-state index is 13.2. The Bertz CT molecular complexity index is 671. The van der Waals surface area contributed by atoms with E-state index in [2.05, 4.69) is 26.2 Å². The minimum atomic E-state index is -0.504. The highest BCUT2D eigenvalue weighted by Crippen LogP contribution is 2.28. The van der Waals surface area contributed by atoms with Crippen LogP contribution < -0.4 is 5.32 Å². The largest absolute Gasteiger partial charge is 0.319 e. The third-order valence-corrected chi connectivity index (χ3v) is 3.71. The van der Waals surface area contributed by atoms with Crippen LogP contribution in [0.25, 0.3) is 0 Å². The van der Waals surface area contributed by atoms with Crippen LogP contribution in [0.4, 0.5) is 10.1 Å². The highest BCUT2D eigenvalue weighted by Gasteiger charge is 2.15. The number of hydrogen-bond donors (Lipinski definition) is 1. The molecule has 0 bridgehead atoms. The van der Waals surface area contributed by atoms with E-state index >= 15 is 0 Å². The maximum Gasteiger partial charge on any atom is 0.257 e. The molecule has 0 aliphatic rings. The fraction of sp³-hybridized carbons (Fsp3) is 0.0769. The van der Waals surface area contributed by atoms with Gasteiger partial charge in [-0.3, -0.25) is 4.79 Å². The van der Waals surface area contributed by atoms with Crippen LogP contribution in [0.3, 0.4) is 0 Å². The molecule has 0 saturated carbocycles. The molecule has 0 saturated heterocycles. The molecule has 0 atom stereocenters. The molecule has 20 heavy (non-hydrogen) atoms. The van der Waals surface area contributed by atoms with Crippen LogP contribution in [0.2, 0.25) is 10.3 Å². The van der Waals surface area contributed by atoms with Crippen molar-refractivity contribution in [3.8, 4) is 0 Å². The summed E-state index contributed by atoms with van der Waals surface area (Å²) in [6.45, 7) is 1.73. The smallest absolute Gasteiger partial charge is 0.257 e. The summed E-state index contributed by atoms with van der Waals surface area (Å²) in [6.07, 6.45) is 0. The van der Waals surface area contributed by atoms with Gasteiger partial charge in [0.25, 0.3) is 5.91 Å². The number of nitrogens with one attached hydrogen (secondary N) is 1. The molecule has 0 spiro atoms. The normalized spacial score (nSPS) is 10.4. The highest BCUT2D eigenvalue weighted by molar-refractivity contribution is 9.10. The lowest BCUT2D eigenvalue weighted by atomic mass is 10.2.